The quantitative estimate of drug-likeness (QED) is 0.383. The van der Waals surface area contributed by atoms with Gasteiger partial charge in [-0.25, -0.2) is 4.79 Å². The van der Waals surface area contributed by atoms with Crippen LogP contribution < -0.4 is 11.0 Å². The maximum absolute atomic E-state index is 10.8. The molecule has 74 valence electrons. The van der Waals surface area contributed by atoms with Crippen molar-refractivity contribution >= 4 is 17.8 Å². The number of carboxylic acids is 2. The lowest BCUT2D eigenvalue weighted by Gasteiger charge is -2.10. The molecule has 0 radical (unpaired) electrons. The summed E-state index contributed by atoms with van der Waals surface area (Å²) in [7, 11) is 0. The summed E-state index contributed by atoms with van der Waals surface area (Å²) >= 11 is 0. The molecule has 0 aromatic rings. The normalized spacial score (nSPS) is 12.8. The van der Waals surface area contributed by atoms with Gasteiger partial charge in [-0.2, -0.15) is 0 Å². The first-order valence-corrected chi connectivity index (χ1v) is 3.36. The highest BCUT2D eigenvalue weighted by Gasteiger charge is 2.22. The van der Waals surface area contributed by atoms with Crippen LogP contribution >= 0.6 is 0 Å². The number of carbonyl (C=O) groups excluding carboxylic acids is 1. The number of carboxylic acid groups (broad SMARTS) is 2. The second-order valence-corrected chi connectivity index (χ2v) is 2.23. The summed E-state index contributed by atoms with van der Waals surface area (Å²) in [6, 6.07) is -1.46. The number of nitrogens with two attached hydrogens (primary N) is 1. The molecule has 0 aliphatic carbocycles. The van der Waals surface area contributed by atoms with Crippen molar-refractivity contribution in [3.63, 3.8) is 0 Å². The first-order valence-electron chi connectivity index (χ1n) is 3.86. The lowest BCUT2D eigenvalue weighted by molar-refractivity contribution is -0.147. The van der Waals surface area contributed by atoms with Crippen molar-refractivity contribution in [2.75, 3.05) is 6.54 Å². The average molecular weight is 191 g/mol. The molecule has 0 saturated carbocycles. The Morgan fingerprint density at radius 2 is 2.08 bits per heavy atom. The van der Waals surface area contributed by atoms with Crippen LogP contribution in [0.4, 0.5) is 0 Å². The molecule has 0 heterocycles. The van der Waals surface area contributed by atoms with Crippen molar-refractivity contribution in [3.05, 3.63) is 0 Å². The highest BCUT2D eigenvalue weighted by atomic mass is 16.4. The van der Waals surface area contributed by atoms with Gasteiger partial charge in [0, 0.05) is 0 Å². The third kappa shape index (κ3) is 4.75. The van der Waals surface area contributed by atoms with Gasteiger partial charge in [0.05, 0.1) is 13.0 Å². The maximum Gasteiger partial charge on any atom is 0.326 e. The average Bonchev–Trinajstić information content (AvgIpc) is 2.02. The van der Waals surface area contributed by atoms with Gasteiger partial charge in [-0.3, -0.25) is 9.59 Å². The smallest absolute Gasteiger partial charge is 0.326 e. The standard InChI is InChI=1S/C6H10N2O5/c7-2-4(9)8-3(6(12)13)1-5(10)11/h3H,1-2,7H2,(H,8,9)(H,10,11)(H,12,13)/t3-/m0/s1/i/hD. The molecule has 0 rings (SSSR count). The molecule has 0 fully saturated rings. The van der Waals surface area contributed by atoms with E-state index in [0.717, 1.165) is 0 Å². The molecule has 0 unspecified atom stereocenters. The van der Waals surface area contributed by atoms with Gasteiger partial charge in [0.2, 0.25) is 5.91 Å². The van der Waals surface area contributed by atoms with Crippen molar-refractivity contribution in [2.24, 2.45) is 5.73 Å². The topological polar surface area (TPSA) is 130 Å². The summed E-state index contributed by atoms with van der Waals surface area (Å²) in [5.74, 6) is -3.49. The molecule has 13 heavy (non-hydrogen) atoms. The number of nitrogens with one attached hydrogen (secondary N) is 1. The SMILES string of the molecule is [2H]NCC(=O)N[C@@H](CC(=O)O)C(=O)O. The van der Waals surface area contributed by atoms with Crippen molar-refractivity contribution in [3.8, 4) is 0 Å². The van der Waals surface area contributed by atoms with Gasteiger partial charge in [0.15, 0.2) is 0 Å². The monoisotopic (exact) mass is 191 g/mol. The molecule has 0 aliphatic rings. The Labute approximate surface area is 75.0 Å². The van der Waals surface area contributed by atoms with Crippen LogP contribution in [0.1, 0.15) is 6.42 Å². The van der Waals surface area contributed by atoms with Crippen LogP contribution in [0.2, 0.25) is 1.41 Å². The van der Waals surface area contributed by atoms with Crippen molar-refractivity contribution in [1.82, 2.24) is 5.32 Å². The van der Waals surface area contributed by atoms with Gasteiger partial charge in [-0.05, 0) is 0 Å². The van der Waals surface area contributed by atoms with E-state index in [1.165, 1.54) is 0 Å². The molecule has 1 amide bonds. The van der Waals surface area contributed by atoms with Crippen LogP contribution in [-0.4, -0.2) is 40.6 Å². The first kappa shape index (κ1) is 9.46. The summed E-state index contributed by atoms with van der Waals surface area (Å²) < 4.78 is 6.45. The fourth-order valence-corrected chi connectivity index (χ4v) is 0.620. The molecule has 0 aromatic carbocycles. The van der Waals surface area contributed by atoms with Gasteiger partial charge >= 0.3 is 11.9 Å². The fourth-order valence-electron chi connectivity index (χ4n) is 0.620. The van der Waals surface area contributed by atoms with Gasteiger partial charge in [0.1, 0.15) is 7.45 Å². The molecule has 1 atom stereocenters. The Bertz CT molecular complexity index is 244. The number of hydrogen-bond acceptors (Lipinski definition) is 4. The number of carbonyl (C=O) groups is 3. The zero-order chi connectivity index (χ0) is 11.1. The van der Waals surface area contributed by atoms with Crippen LogP contribution in [0.15, 0.2) is 0 Å². The summed E-state index contributed by atoms with van der Waals surface area (Å²) in [6.45, 7) is -0.386. The molecule has 0 bridgehead atoms. The van der Waals surface area contributed by atoms with E-state index in [0.29, 0.717) is 0 Å². The molecule has 0 aliphatic heterocycles. The van der Waals surface area contributed by atoms with Crippen LogP contribution in [0.5, 0.6) is 0 Å². The second-order valence-electron chi connectivity index (χ2n) is 2.23. The molecular weight excluding hydrogens is 180 g/mol. The summed E-state index contributed by atoms with van der Waals surface area (Å²) in [6.07, 6.45) is -0.695. The fraction of sp³-hybridized carbons (Fsp3) is 0.500. The Morgan fingerprint density at radius 3 is 2.46 bits per heavy atom. The molecule has 5 N–H and O–H groups in total. The minimum atomic E-state index is -1.46. The van der Waals surface area contributed by atoms with Gasteiger partial charge in [0.25, 0.3) is 0 Å². The minimum absolute atomic E-state index is 0.386. The predicted molar refractivity (Wildman–Crippen MR) is 40.9 cm³/mol. The number of aliphatic carboxylic acids is 2. The Balaban J connectivity index is 4.16. The van der Waals surface area contributed by atoms with E-state index in [9.17, 15) is 14.4 Å². The Hall–Kier alpha value is -1.63. The van der Waals surface area contributed by atoms with Gasteiger partial charge in [-0.1, -0.05) is 0 Å². The summed E-state index contributed by atoms with van der Waals surface area (Å²) in [5.41, 5.74) is 1.76. The molecule has 7 heteroatoms. The highest BCUT2D eigenvalue weighted by Crippen LogP contribution is 1.91. The van der Waals surface area contributed by atoms with E-state index in [2.05, 4.69) is 0 Å². The van der Waals surface area contributed by atoms with Crippen molar-refractivity contribution in [2.45, 2.75) is 12.5 Å². The lowest BCUT2D eigenvalue weighted by atomic mass is 10.2. The Kier molecular flexibility index (Phi) is 3.71. The lowest BCUT2D eigenvalue weighted by Crippen LogP contribution is -2.44. The van der Waals surface area contributed by atoms with Crippen LogP contribution in [0, 0.1) is 0 Å². The molecule has 0 aromatic heterocycles. The maximum atomic E-state index is 10.8. The number of rotatable bonds is 6. The number of hydrogen-bond donors (Lipinski definition) is 4. The minimum Gasteiger partial charge on any atom is -0.481 e. The first-order chi connectivity index (χ1) is 6.47. The summed E-state index contributed by atoms with van der Waals surface area (Å²) in [5, 5.41) is 18.7. The predicted octanol–water partition coefficient (Wildman–Crippen LogP) is -2.01. The van der Waals surface area contributed by atoms with E-state index in [4.69, 9.17) is 11.6 Å². The van der Waals surface area contributed by atoms with Crippen LogP contribution in [0.25, 0.3) is 0 Å². The molecule has 7 nitrogen and oxygen atoms in total. The molecular formula is C6H10N2O5. The Morgan fingerprint density at radius 1 is 1.46 bits per heavy atom. The van der Waals surface area contributed by atoms with Crippen molar-refractivity contribution < 1.29 is 26.0 Å². The van der Waals surface area contributed by atoms with E-state index >= 15 is 0 Å². The zero-order valence-corrected chi connectivity index (χ0v) is 6.61. The highest BCUT2D eigenvalue weighted by molar-refractivity contribution is 5.87. The van der Waals surface area contributed by atoms with E-state index in [1.807, 2.05) is 5.32 Å². The van der Waals surface area contributed by atoms with E-state index in [1.54, 1.807) is 5.73 Å². The van der Waals surface area contributed by atoms with E-state index in [-0.39, 0.29) is 6.54 Å². The van der Waals surface area contributed by atoms with Crippen LogP contribution in [-0.2, 0) is 14.4 Å². The third-order valence-electron chi connectivity index (χ3n) is 1.17. The summed E-state index contributed by atoms with van der Waals surface area (Å²) in [4.78, 5) is 31.4. The van der Waals surface area contributed by atoms with Crippen LogP contribution in [0.3, 0.4) is 0 Å². The van der Waals surface area contributed by atoms with E-state index < -0.39 is 30.3 Å². The molecule has 0 spiro atoms. The second kappa shape index (κ2) is 5.09. The third-order valence-corrected chi connectivity index (χ3v) is 1.17. The largest absolute Gasteiger partial charge is 0.481 e. The molecule has 0 saturated heterocycles. The van der Waals surface area contributed by atoms with Gasteiger partial charge < -0.3 is 21.3 Å². The zero-order valence-electron chi connectivity index (χ0n) is 7.61. The number of amides is 1. The van der Waals surface area contributed by atoms with Crippen molar-refractivity contribution in [1.29, 1.82) is 0 Å². The van der Waals surface area contributed by atoms with Gasteiger partial charge in [-0.15, -0.1) is 0 Å².